The van der Waals surface area contributed by atoms with E-state index >= 15 is 0 Å². The summed E-state index contributed by atoms with van der Waals surface area (Å²) >= 11 is 0. The molecule has 0 aliphatic rings. The second kappa shape index (κ2) is 8.09. The first kappa shape index (κ1) is 15.9. The van der Waals surface area contributed by atoms with E-state index in [1.807, 2.05) is 13.8 Å². The predicted octanol–water partition coefficient (Wildman–Crippen LogP) is 1.88. The molecule has 1 aromatic carbocycles. The summed E-state index contributed by atoms with van der Waals surface area (Å²) in [5.41, 5.74) is 0.807. The number of rotatable bonds is 8. The minimum Gasteiger partial charge on any atom is -0.494 e. The van der Waals surface area contributed by atoms with Gasteiger partial charge < -0.3 is 19.9 Å². The maximum atomic E-state index is 13.6. The van der Waals surface area contributed by atoms with Gasteiger partial charge in [0.1, 0.15) is 0 Å². The van der Waals surface area contributed by atoms with E-state index in [1.54, 1.807) is 12.1 Å². The molecule has 2 atom stereocenters. The van der Waals surface area contributed by atoms with Gasteiger partial charge in [-0.25, -0.2) is 4.39 Å². The van der Waals surface area contributed by atoms with Gasteiger partial charge in [0, 0.05) is 19.2 Å². The Morgan fingerprint density at radius 3 is 2.74 bits per heavy atom. The van der Waals surface area contributed by atoms with Gasteiger partial charge in [-0.3, -0.25) is 0 Å². The van der Waals surface area contributed by atoms with Crippen LogP contribution >= 0.6 is 0 Å². The molecular weight excluding hydrogens is 249 g/mol. The molecule has 0 heterocycles. The van der Waals surface area contributed by atoms with Crippen LogP contribution in [0.4, 0.5) is 4.39 Å². The van der Waals surface area contributed by atoms with Gasteiger partial charge in [-0.1, -0.05) is 6.07 Å². The Bertz CT molecular complexity index is 387. The average molecular weight is 271 g/mol. The van der Waals surface area contributed by atoms with Gasteiger partial charge in [0.15, 0.2) is 11.6 Å². The van der Waals surface area contributed by atoms with Crippen molar-refractivity contribution in [3.63, 3.8) is 0 Å². The van der Waals surface area contributed by atoms with Crippen LogP contribution in [-0.2, 0) is 4.74 Å². The zero-order valence-corrected chi connectivity index (χ0v) is 11.6. The van der Waals surface area contributed by atoms with Gasteiger partial charge in [0.05, 0.1) is 19.8 Å². The number of benzene rings is 1. The number of hydrogen-bond donors (Lipinski definition) is 2. The van der Waals surface area contributed by atoms with E-state index in [2.05, 4.69) is 5.32 Å². The molecule has 0 amide bonds. The van der Waals surface area contributed by atoms with Crippen LogP contribution in [0.15, 0.2) is 18.2 Å². The molecule has 0 aliphatic heterocycles. The normalized spacial score (nSPS) is 14.2. The van der Waals surface area contributed by atoms with E-state index in [-0.39, 0.29) is 17.6 Å². The number of nitrogens with one attached hydrogen (secondary N) is 1. The summed E-state index contributed by atoms with van der Waals surface area (Å²) in [6, 6.07) is 4.77. The molecule has 108 valence electrons. The van der Waals surface area contributed by atoms with Crippen LogP contribution in [-0.4, -0.2) is 38.1 Å². The molecule has 2 N–H and O–H groups in total. The van der Waals surface area contributed by atoms with E-state index in [4.69, 9.17) is 9.47 Å². The minimum atomic E-state index is -0.564. The van der Waals surface area contributed by atoms with Crippen LogP contribution in [0.1, 0.15) is 25.5 Å². The van der Waals surface area contributed by atoms with Crippen molar-refractivity contribution < 1.29 is 19.0 Å². The summed E-state index contributed by atoms with van der Waals surface area (Å²) in [6.07, 6.45) is -0.564. The third-order valence-corrected chi connectivity index (χ3v) is 2.85. The monoisotopic (exact) mass is 271 g/mol. The van der Waals surface area contributed by atoms with E-state index in [0.29, 0.717) is 19.8 Å². The molecule has 1 aromatic rings. The van der Waals surface area contributed by atoms with Gasteiger partial charge >= 0.3 is 0 Å². The lowest BCUT2D eigenvalue weighted by Gasteiger charge is -2.18. The van der Waals surface area contributed by atoms with Gasteiger partial charge in [-0.15, -0.1) is 0 Å². The molecule has 0 radical (unpaired) electrons. The SMILES string of the molecule is CCOCC(O)CNC(C)c1ccc(OC)c(F)c1. The summed E-state index contributed by atoms with van der Waals surface area (Å²) in [6.45, 7) is 5.07. The first-order chi connectivity index (χ1) is 9.08. The highest BCUT2D eigenvalue weighted by molar-refractivity contribution is 5.30. The fourth-order valence-corrected chi connectivity index (χ4v) is 1.70. The second-order valence-electron chi connectivity index (χ2n) is 4.34. The molecule has 0 aliphatic carbocycles. The van der Waals surface area contributed by atoms with Crippen molar-refractivity contribution in [1.29, 1.82) is 0 Å². The Morgan fingerprint density at radius 2 is 2.16 bits per heavy atom. The quantitative estimate of drug-likeness (QED) is 0.758. The fourth-order valence-electron chi connectivity index (χ4n) is 1.70. The molecule has 4 nitrogen and oxygen atoms in total. The lowest BCUT2D eigenvalue weighted by atomic mass is 10.1. The minimum absolute atomic E-state index is 0.0586. The first-order valence-electron chi connectivity index (χ1n) is 6.41. The number of methoxy groups -OCH3 is 1. The Labute approximate surface area is 113 Å². The van der Waals surface area contributed by atoms with Crippen LogP contribution in [0, 0.1) is 5.82 Å². The molecule has 5 heteroatoms. The lowest BCUT2D eigenvalue weighted by Crippen LogP contribution is -2.32. The molecular formula is C14H22FNO3. The van der Waals surface area contributed by atoms with Gasteiger partial charge in [0.2, 0.25) is 0 Å². The Balaban J connectivity index is 2.49. The van der Waals surface area contributed by atoms with E-state index < -0.39 is 6.10 Å². The van der Waals surface area contributed by atoms with Crippen molar-refractivity contribution in [3.05, 3.63) is 29.6 Å². The van der Waals surface area contributed by atoms with Gasteiger partial charge in [-0.2, -0.15) is 0 Å². The van der Waals surface area contributed by atoms with E-state index in [1.165, 1.54) is 13.2 Å². The van der Waals surface area contributed by atoms with Crippen molar-refractivity contribution in [2.45, 2.75) is 26.0 Å². The third kappa shape index (κ3) is 5.14. The van der Waals surface area contributed by atoms with Crippen molar-refractivity contribution in [2.24, 2.45) is 0 Å². The van der Waals surface area contributed by atoms with Gasteiger partial charge in [0.25, 0.3) is 0 Å². The molecule has 19 heavy (non-hydrogen) atoms. The summed E-state index contributed by atoms with van der Waals surface area (Å²) in [5, 5.41) is 12.8. The average Bonchev–Trinajstić information content (AvgIpc) is 2.42. The van der Waals surface area contributed by atoms with Crippen LogP contribution in [0.5, 0.6) is 5.75 Å². The van der Waals surface area contributed by atoms with E-state index in [0.717, 1.165) is 5.56 Å². The summed E-state index contributed by atoms with van der Waals surface area (Å²) in [7, 11) is 1.43. The highest BCUT2D eigenvalue weighted by Crippen LogP contribution is 2.21. The first-order valence-corrected chi connectivity index (χ1v) is 6.41. The Morgan fingerprint density at radius 1 is 1.42 bits per heavy atom. The number of aliphatic hydroxyl groups excluding tert-OH is 1. The fraction of sp³-hybridized carbons (Fsp3) is 0.571. The molecule has 2 unspecified atom stereocenters. The molecule has 0 saturated heterocycles. The number of aliphatic hydroxyl groups is 1. The zero-order valence-electron chi connectivity index (χ0n) is 11.6. The lowest BCUT2D eigenvalue weighted by molar-refractivity contribution is 0.0416. The molecule has 0 bridgehead atoms. The van der Waals surface area contributed by atoms with Crippen molar-refractivity contribution in [2.75, 3.05) is 26.9 Å². The number of halogens is 1. The molecule has 1 rings (SSSR count). The molecule has 0 spiro atoms. The van der Waals surface area contributed by atoms with Crippen molar-refractivity contribution >= 4 is 0 Å². The standard InChI is InChI=1S/C14H22FNO3/c1-4-19-9-12(17)8-16-10(2)11-5-6-14(18-3)13(15)7-11/h5-7,10,12,16-17H,4,8-9H2,1-3H3. The summed E-state index contributed by atoms with van der Waals surface area (Å²) in [5.74, 6) is -0.157. The Kier molecular flexibility index (Phi) is 6.77. The topological polar surface area (TPSA) is 50.7 Å². The third-order valence-electron chi connectivity index (χ3n) is 2.85. The number of ether oxygens (including phenoxy) is 2. The summed E-state index contributed by atoms with van der Waals surface area (Å²) in [4.78, 5) is 0. The molecule has 0 fully saturated rings. The van der Waals surface area contributed by atoms with Crippen LogP contribution in [0.2, 0.25) is 0 Å². The van der Waals surface area contributed by atoms with Gasteiger partial charge in [-0.05, 0) is 31.5 Å². The van der Waals surface area contributed by atoms with E-state index in [9.17, 15) is 9.50 Å². The smallest absolute Gasteiger partial charge is 0.165 e. The maximum absolute atomic E-state index is 13.6. The van der Waals surface area contributed by atoms with Crippen LogP contribution in [0.3, 0.4) is 0 Å². The number of hydrogen-bond acceptors (Lipinski definition) is 4. The maximum Gasteiger partial charge on any atom is 0.165 e. The largest absolute Gasteiger partial charge is 0.494 e. The van der Waals surface area contributed by atoms with Crippen LogP contribution < -0.4 is 10.1 Å². The van der Waals surface area contributed by atoms with Crippen molar-refractivity contribution in [3.8, 4) is 5.75 Å². The van der Waals surface area contributed by atoms with Crippen molar-refractivity contribution in [1.82, 2.24) is 5.32 Å². The van der Waals surface area contributed by atoms with Crippen LogP contribution in [0.25, 0.3) is 0 Å². The summed E-state index contributed by atoms with van der Waals surface area (Å²) < 4.78 is 23.5. The highest BCUT2D eigenvalue weighted by atomic mass is 19.1. The molecule has 0 saturated carbocycles. The Hall–Kier alpha value is -1.17. The highest BCUT2D eigenvalue weighted by Gasteiger charge is 2.11. The second-order valence-corrected chi connectivity index (χ2v) is 4.34. The zero-order chi connectivity index (χ0) is 14.3. The molecule has 0 aromatic heterocycles. The predicted molar refractivity (Wildman–Crippen MR) is 71.9 cm³/mol.